The number of ether oxygens (including phenoxy) is 2. The van der Waals surface area contributed by atoms with Crippen molar-refractivity contribution in [3.8, 4) is 11.5 Å². The first kappa shape index (κ1) is 27.2. The molecule has 2 aromatic rings. The van der Waals surface area contributed by atoms with Crippen LogP contribution in [-0.4, -0.2) is 47.6 Å². The Labute approximate surface area is 204 Å². The summed E-state index contributed by atoms with van der Waals surface area (Å²) in [6, 6.07) is 16.7. The molecule has 0 amide bonds. The molecule has 180 valence electrons. The van der Waals surface area contributed by atoms with E-state index in [0.29, 0.717) is 17.9 Å². The molecule has 0 aromatic heterocycles. The Morgan fingerprint density at radius 2 is 1.36 bits per heavy atom. The van der Waals surface area contributed by atoms with E-state index in [4.69, 9.17) is 18.5 Å². The Hall–Kier alpha value is -2.09. The van der Waals surface area contributed by atoms with Crippen molar-refractivity contribution in [3.63, 3.8) is 0 Å². The van der Waals surface area contributed by atoms with Crippen LogP contribution in [0.3, 0.4) is 0 Å². The minimum atomic E-state index is -4.36. The van der Waals surface area contributed by atoms with Crippen molar-refractivity contribution >= 4 is 43.9 Å². The highest BCUT2D eigenvalue weighted by atomic mass is 32.2. The molecule has 2 aromatic carbocycles. The minimum absolute atomic E-state index is 0.0306. The van der Waals surface area contributed by atoms with Gasteiger partial charge in [-0.05, 0) is 56.0 Å². The van der Waals surface area contributed by atoms with Crippen molar-refractivity contribution in [2.45, 2.75) is 31.2 Å². The van der Waals surface area contributed by atoms with E-state index in [0.717, 1.165) is 11.8 Å². The second-order valence-electron chi connectivity index (χ2n) is 6.67. The van der Waals surface area contributed by atoms with Gasteiger partial charge in [0, 0.05) is 0 Å². The molecule has 0 bridgehead atoms. The van der Waals surface area contributed by atoms with Crippen LogP contribution < -0.4 is 9.05 Å². The van der Waals surface area contributed by atoms with E-state index in [9.17, 15) is 14.2 Å². The smallest absolute Gasteiger partial charge is 0.446 e. The van der Waals surface area contributed by atoms with Gasteiger partial charge in [0.1, 0.15) is 16.7 Å². The highest BCUT2D eigenvalue weighted by Gasteiger charge is 2.54. The first-order valence-electron chi connectivity index (χ1n) is 10.6. The van der Waals surface area contributed by atoms with Crippen LogP contribution in [0.4, 0.5) is 0 Å². The van der Waals surface area contributed by atoms with Gasteiger partial charge in [0.15, 0.2) is 0 Å². The predicted octanol–water partition coefficient (Wildman–Crippen LogP) is 5.25. The zero-order valence-corrected chi connectivity index (χ0v) is 21.2. The van der Waals surface area contributed by atoms with Gasteiger partial charge in [-0.2, -0.15) is 12.6 Å². The fourth-order valence-electron chi connectivity index (χ4n) is 2.82. The van der Waals surface area contributed by atoms with Crippen LogP contribution in [0.2, 0.25) is 0 Å². The Morgan fingerprint density at radius 3 is 1.82 bits per heavy atom. The van der Waals surface area contributed by atoms with E-state index < -0.39 is 30.4 Å². The fraction of sp³-hybridized carbons (Fsp3) is 0.391. The van der Waals surface area contributed by atoms with Crippen LogP contribution in [0, 0.1) is 0 Å². The van der Waals surface area contributed by atoms with Gasteiger partial charge in [-0.15, -0.1) is 11.8 Å². The van der Waals surface area contributed by atoms with Gasteiger partial charge in [0.2, 0.25) is 5.66 Å². The molecule has 0 aliphatic carbocycles. The van der Waals surface area contributed by atoms with E-state index in [-0.39, 0.29) is 24.7 Å². The largest absolute Gasteiger partial charge is 0.465 e. The molecule has 2 unspecified atom stereocenters. The number of thiol groups is 1. The lowest BCUT2D eigenvalue weighted by atomic mass is 10.3. The molecule has 0 radical (unpaired) electrons. The summed E-state index contributed by atoms with van der Waals surface area (Å²) in [6.07, 6.45) is 0.669. The summed E-state index contributed by atoms with van der Waals surface area (Å²) in [5.74, 6) is -0.00864. The summed E-state index contributed by atoms with van der Waals surface area (Å²) in [5.41, 5.74) is -1.55. The standard InChI is InChI=1S/C23H29O7PS2/c1-3-27-22(24)20(21(23(25)28-4-2)33-17-11-16-32)31(26,29-18-12-7-5-8-13-18)30-19-14-9-6-10-15-19/h5-10,12-15,20-21,32H,3-4,11,16-17H2,1-2H3. The van der Waals surface area contributed by atoms with Gasteiger partial charge in [0.25, 0.3) is 0 Å². The molecule has 0 heterocycles. The summed E-state index contributed by atoms with van der Waals surface area (Å²) >= 11 is 5.35. The summed E-state index contributed by atoms with van der Waals surface area (Å²) in [4.78, 5) is 26.1. The molecule has 7 nitrogen and oxygen atoms in total. The molecule has 0 spiro atoms. The Morgan fingerprint density at radius 1 is 0.879 bits per heavy atom. The van der Waals surface area contributed by atoms with Gasteiger partial charge in [-0.3, -0.25) is 9.59 Å². The summed E-state index contributed by atoms with van der Waals surface area (Å²) in [5, 5.41) is -1.16. The second kappa shape index (κ2) is 14.2. The molecular formula is C23H29O7PS2. The topological polar surface area (TPSA) is 88.1 Å². The van der Waals surface area contributed by atoms with Crippen LogP contribution in [-0.2, 0) is 23.6 Å². The molecule has 10 heteroatoms. The maximum atomic E-state index is 14.4. The van der Waals surface area contributed by atoms with E-state index in [2.05, 4.69) is 12.6 Å². The number of hydrogen-bond acceptors (Lipinski definition) is 9. The molecule has 2 atom stereocenters. The number of para-hydroxylation sites is 2. The average molecular weight is 513 g/mol. The van der Waals surface area contributed by atoms with Crippen LogP contribution in [0.5, 0.6) is 11.5 Å². The van der Waals surface area contributed by atoms with Crippen molar-refractivity contribution < 1.29 is 32.7 Å². The third-order valence-corrected chi connectivity index (χ3v) is 8.21. The SMILES string of the molecule is CCOC(=O)C(SCCCS)C(C(=O)OCC)P(=O)(Oc1ccccc1)Oc1ccccc1. The average Bonchev–Trinajstić information content (AvgIpc) is 2.80. The van der Waals surface area contributed by atoms with E-state index in [1.807, 2.05) is 0 Å². The molecule has 0 aliphatic rings. The minimum Gasteiger partial charge on any atom is -0.465 e. The van der Waals surface area contributed by atoms with E-state index in [1.165, 1.54) is 0 Å². The molecular weight excluding hydrogens is 483 g/mol. The molecule has 2 rings (SSSR count). The molecule has 0 saturated heterocycles. The van der Waals surface area contributed by atoms with Crippen molar-refractivity contribution in [1.29, 1.82) is 0 Å². The predicted molar refractivity (Wildman–Crippen MR) is 134 cm³/mol. The maximum Gasteiger partial charge on any atom is 0.446 e. The number of benzene rings is 2. The monoisotopic (exact) mass is 512 g/mol. The zero-order valence-electron chi connectivity index (χ0n) is 18.6. The van der Waals surface area contributed by atoms with Gasteiger partial charge in [0.05, 0.1) is 13.2 Å². The fourth-order valence-corrected chi connectivity index (χ4v) is 6.84. The Kier molecular flexibility index (Phi) is 11.7. The third-order valence-electron chi connectivity index (χ3n) is 4.23. The highest BCUT2D eigenvalue weighted by molar-refractivity contribution is 8.01. The normalized spacial score (nSPS) is 12.9. The number of thioether (sulfide) groups is 1. The van der Waals surface area contributed by atoms with Crippen LogP contribution in [0.15, 0.2) is 60.7 Å². The van der Waals surface area contributed by atoms with Gasteiger partial charge < -0.3 is 18.5 Å². The summed E-state index contributed by atoms with van der Waals surface area (Å²) < 4.78 is 36.5. The van der Waals surface area contributed by atoms with Crippen LogP contribution >= 0.6 is 32.0 Å². The second-order valence-corrected chi connectivity index (χ2v) is 10.4. The lowest BCUT2D eigenvalue weighted by Gasteiger charge is -2.30. The van der Waals surface area contributed by atoms with Gasteiger partial charge in [-0.1, -0.05) is 36.4 Å². The molecule has 0 aliphatic heterocycles. The van der Waals surface area contributed by atoms with E-state index >= 15 is 0 Å². The number of rotatable bonds is 14. The van der Waals surface area contributed by atoms with E-state index in [1.54, 1.807) is 74.5 Å². The van der Waals surface area contributed by atoms with Crippen molar-refractivity contribution in [3.05, 3.63) is 60.7 Å². The van der Waals surface area contributed by atoms with Crippen molar-refractivity contribution in [2.75, 3.05) is 24.7 Å². The van der Waals surface area contributed by atoms with Gasteiger partial charge in [-0.25, -0.2) is 4.57 Å². The summed E-state index contributed by atoms with van der Waals surface area (Å²) in [7, 11) is -4.36. The molecule has 0 N–H and O–H groups in total. The number of carbonyl (C=O) groups excluding carboxylic acids is 2. The van der Waals surface area contributed by atoms with Crippen LogP contribution in [0.1, 0.15) is 20.3 Å². The quantitative estimate of drug-likeness (QED) is 0.159. The first-order chi connectivity index (χ1) is 15.9. The lowest BCUT2D eigenvalue weighted by Crippen LogP contribution is -2.42. The van der Waals surface area contributed by atoms with Gasteiger partial charge >= 0.3 is 19.5 Å². The first-order valence-corrected chi connectivity index (χ1v) is 13.9. The van der Waals surface area contributed by atoms with Crippen LogP contribution in [0.25, 0.3) is 0 Å². The Balaban J connectivity index is 2.57. The third kappa shape index (κ3) is 8.32. The number of esters is 2. The zero-order chi connectivity index (χ0) is 24.1. The van der Waals surface area contributed by atoms with Crippen molar-refractivity contribution in [2.24, 2.45) is 0 Å². The molecule has 33 heavy (non-hydrogen) atoms. The molecule has 0 fully saturated rings. The maximum absolute atomic E-state index is 14.4. The number of hydrogen-bond donors (Lipinski definition) is 1. The number of carbonyl (C=O) groups is 2. The highest BCUT2D eigenvalue weighted by Crippen LogP contribution is 2.56. The Bertz CT molecular complexity index is 866. The lowest BCUT2D eigenvalue weighted by molar-refractivity contribution is -0.149. The summed E-state index contributed by atoms with van der Waals surface area (Å²) in [6.45, 7) is 3.42. The molecule has 0 saturated carbocycles. The van der Waals surface area contributed by atoms with Crippen molar-refractivity contribution in [1.82, 2.24) is 0 Å².